The van der Waals surface area contributed by atoms with Crippen LogP contribution in [-0.4, -0.2) is 9.97 Å². The van der Waals surface area contributed by atoms with Crippen molar-refractivity contribution in [1.29, 1.82) is 0 Å². The average Bonchev–Trinajstić information content (AvgIpc) is 2.80. The predicted octanol–water partition coefficient (Wildman–Crippen LogP) is 3.65. The molecule has 0 saturated heterocycles. The van der Waals surface area contributed by atoms with Gasteiger partial charge >= 0.3 is 0 Å². The van der Waals surface area contributed by atoms with Gasteiger partial charge in [-0.2, -0.15) is 0 Å². The minimum Gasteiger partial charge on any atom is -0.338 e. The summed E-state index contributed by atoms with van der Waals surface area (Å²) < 4.78 is 0. The van der Waals surface area contributed by atoms with Crippen molar-refractivity contribution >= 4 is 22.6 Å². The summed E-state index contributed by atoms with van der Waals surface area (Å²) in [6.07, 6.45) is 0. The third-order valence-corrected chi connectivity index (χ3v) is 3.46. The molecule has 0 saturated carbocycles. The lowest BCUT2D eigenvalue weighted by Crippen LogP contribution is -1.95. The zero-order chi connectivity index (χ0) is 13.4. The van der Waals surface area contributed by atoms with Gasteiger partial charge in [0.25, 0.3) is 0 Å². The highest BCUT2D eigenvalue weighted by molar-refractivity contribution is 6.30. The molecule has 0 amide bonds. The van der Waals surface area contributed by atoms with E-state index in [0.29, 0.717) is 6.54 Å². The van der Waals surface area contributed by atoms with Gasteiger partial charge in [0.15, 0.2) is 0 Å². The minimum absolute atomic E-state index is 0.532. The maximum Gasteiger partial charge on any atom is 0.138 e. The molecule has 1 aromatic heterocycles. The molecule has 0 bridgehead atoms. The Hall–Kier alpha value is -1.84. The Bertz CT molecular complexity index is 746. The highest BCUT2D eigenvalue weighted by Crippen LogP contribution is 2.26. The second-order valence-corrected chi connectivity index (χ2v) is 5.04. The van der Waals surface area contributed by atoms with Gasteiger partial charge in [0.05, 0.1) is 11.0 Å². The maximum absolute atomic E-state index is 5.98. The van der Waals surface area contributed by atoms with Gasteiger partial charge in [0.2, 0.25) is 0 Å². The van der Waals surface area contributed by atoms with Crippen molar-refractivity contribution in [2.75, 3.05) is 0 Å². The highest BCUT2D eigenvalue weighted by atomic mass is 35.5. The molecule has 0 radical (unpaired) electrons. The molecule has 3 N–H and O–H groups in total. The number of H-pyrrole nitrogens is 1. The van der Waals surface area contributed by atoms with E-state index in [-0.39, 0.29) is 0 Å². The zero-order valence-corrected chi connectivity index (χ0v) is 11.3. The Morgan fingerprint density at radius 3 is 2.79 bits per heavy atom. The summed E-state index contributed by atoms with van der Waals surface area (Å²) in [5.41, 5.74) is 10.9. The molecule has 0 aliphatic rings. The number of aryl methyl sites for hydroxylation is 1. The fourth-order valence-electron chi connectivity index (χ4n) is 2.20. The van der Waals surface area contributed by atoms with Crippen LogP contribution in [0.25, 0.3) is 22.4 Å². The number of halogens is 1. The van der Waals surface area contributed by atoms with Crippen LogP contribution in [0.2, 0.25) is 5.02 Å². The van der Waals surface area contributed by atoms with E-state index in [2.05, 4.69) is 9.97 Å². The molecule has 4 heteroatoms. The number of benzene rings is 2. The number of hydrogen-bond donors (Lipinski definition) is 2. The van der Waals surface area contributed by atoms with E-state index < -0.39 is 0 Å². The van der Waals surface area contributed by atoms with Crippen molar-refractivity contribution in [1.82, 2.24) is 9.97 Å². The van der Waals surface area contributed by atoms with Gasteiger partial charge in [-0.15, -0.1) is 0 Å². The summed E-state index contributed by atoms with van der Waals surface area (Å²) in [6, 6.07) is 11.8. The quantitative estimate of drug-likeness (QED) is 0.747. The standard InChI is InChI=1S/C15H14ClN3/c1-9-6-11(16)3-4-12(9)15-18-13-5-2-10(8-17)7-14(13)19-15/h2-7H,8,17H2,1H3,(H,18,19). The Kier molecular flexibility index (Phi) is 3.01. The Balaban J connectivity index is 2.14. The Morgan fingerprint density at radius 2 is 2.05 bits per heavy atom. The first kappa shape index (κ1) is 12.2. The molecule has 0 fully saturated rings. The molecule has 0 aliphatic carbocycles. The van der Waals surface area contributed by atoms with Gasteiger partial charge in [-0.3, -0.25) is 0 Å². The van der Waals surface area contributed by atoms with Gasteiger partial charge in [0.1, 0.15) is 5.82 Å². The molecule has 3 nitrogen and oxygen atoms in total. The number of rotatable bonds is 2. The average molecular weight is 272 g/mol. The van der Waals surface area contributed by atoms with Crippen LogP contribution in [0.3, 0.4) is 0 Å². The molecule has 0 atom stereocenters. The van der Waals surface area contributed by atoms with Gasteiger partial charge < -0.3 is 10.7 Å². The summed E-state index contributed by atoms with van der Waals surface area (Å²) in [7, 11) is 0. The molecule has 3 rings (SSSR count). The lowest BCUT2D eigenvalue weighted by molar-refractivity contribution is 1.07. The van der Waals surface area contributed by atoms with Gasteiger partial charge in [-0.25, -0.2) is 4.98 Å². The number of nitrogens with zero attached hydrogens (tertiary/aromatic N) is 1. The van der Waals surface area contributed by atoms with Crippen molar-refractivity contribution in [2.45, 2.75) is 13.5 Å². The van der Waals surface area contributed by atoms with Crippen molar-refractivity contribution in [3.8, 4) is 11.4 Å². The third-order valence-electron chi connectivity index (χ3n) is 3.23. The first-order chi connectivity index (χ1) is 9.17. The predicted molar refractivity (Wildman–Crippen MR) is 79.2 cm³/mol. The smallest absolute Gasteiger partial charge is 0.138 e. The van der Waals surface area contributed by atoms with Crippen molar-refractivity contribution < 1.29 is 0 Å². The summed E-state index contributed by atoms with van der Waals surface area (Å²) in [4.78, 5) is 7.95. The molecule has 0 aliphatic heterocycles. The second kappa shape index (κ2) is 4.68. The zero-order valence-electron chi connectivity index (χ0n) is 10.6. The number of fused-ring (bicyclic) bond motifs is 1. The Labute approximate surface area is 116 Å². The number of nitrogens with two attached hydrogens (primary N) is 1. The summed E-state index contributed by atoms with van der Waals surface area (Å²) in [6.45, 7) is 2.56. The molecule has 0 unspecified atom stereocenters. The summed E-state index contributed by atoms with van der Waals surface area (Å²) >= 11 is 5.98. The van der Waals surface area contributed by atoms with Gasteiger partial charge in [-0.05, 0) is 48.4 Å². The van der Waals surface area contributed by atoms with Crippen LogP contribution >= 0.6 is 11.6 Å². The minimum atomic E-state index is 0.532. The fraction of sp³-hybridized carbons (Fsp3) is 0.133. The molecule has 19 heavy (non-hydrogen) atoms. The number of aromatic amines is 1. The van der Waals surface area contributed by atoms with E-state index in [1.165, 1.54) is 0 Å². The number of imidazole rings is 1. The molecular weight excluding hydrogens is 258 g/mol. The summed E-state index contributed by atoms with van der Waals surface area (Å²) in [5, 5.41) is 0.739. The van der Waals surface area contributed by atoms with Crippen molar-refractivity contribution in [3.63, 3.8) is 0 Å². The number of aromatic nitrogens is 2. The number of hydrogen-bond acceptors (Lipinski definition) is 2. The van der Waals surface area contributed by atoms with Gasteiger partial charge in [0, 0.05) is 17.1 Å². The number of nitrogens with one attached hydrogen (secondary N) is 1. The van der Waals surface area contributed by atoms with E-state index in [4.69, 9.17) is 17.3 Å². The Morgan fingerprint density at radius 1 is 1.21 bits per heavy atom. The van der Waals surface area contributed by atoms with Crippen LogP contribution in [-0.2, 0) is 6.54 Å². The van der Waals surface area contributed by atoms with E-state index in [9.17, 15) is 0 Å². The largest absolute Gasteiger partial charge is 0.338 e. The van der Waals surface area contributed by atoms with Gasteiger partial charge in [-0.1, -0.05) is 17.7 Å². The lowest BCUT2D eigenvalue weighted by Gasteiger charge is -2.02. The third kappa shape index (κ3) is 2.23. The van der Waals surface area contributed by atoms with E-state index >= 15 is 0 Å². The molecule has 0 spiro atoms. The topological polar surface area (TPSA) is 54.7 Å². The summed E-state index contributed by atoms with van der Waals surface area (Å²) in [5.74, 6) is 0.860. The van der Waals surface area contributed by atoms with Crippen molar-refractivity contribution in [2.24, 2.45) is 5.73 Å². The van der Waals surface area contributed by atoms with Crippen molar-refractivity contribution in [3.05, 3.63) is 52.5 Å². The molecule has 96 valence electrons. The molecule has 1 heterocycles. The fourth-order valence-corrected chi connectivity index (χ4v) is 2.43. The SMILES string of the molecule is Cc1cc(Cl)ccc1-c1nc2ccc(CN)cc2[nH]1. The van der Waals surface area contributed by atoms with Crippen LogP contribution in [0.4, 0.5) is 0 Å². The first-order valence-corrected chi connectivity index (χ1v) is 6.50. The lowest BCUT2D eigenvalue weighted by atomic mass is 10.1. The molecular formula is C15H14ClN3. The second-order valence-electron chi connectivity index (χ2n) is 4.60. The maximum atomic E-state index is 5.98. The normalized spacial score (nSPS) is 11.1. The highest BCUT2D eigenvalue weighted by Gasteiger charge is 2.08. The van der Waals surface area contributed by atoms with E-state index in [1.54, 1.807) is 0 Å². The molecule has 2 aromatic carbocycles. The first-order valence-electron chi connectivity index (χ1n) is 6.12. The van der Waals surface area contributed by atoms with Crippen LogP contribution in [0.15, 0.2) is 36.4 Å². The van der Waals surface area contributed by atoms with Crippen LogP contribution in [0, 0.1) is 6.92 Å². The van der Waals surface area contributed by atoms with E-state index in [1.807, 2.05) is 43.3 Å². The van der Waals surface area contributed by atoms with Crippen LogP contribution in [0.1, 0.15) is 11.1 Å². The van der Waals surface area contributed by atoms with E-state index in [0.717, 1.165) is 38.6 Å². The monoisotopic (exact) mass is 271 g/mol. The van der Waals surface area contributed by atoms with Crippen LogP contribution < -0.4 is 5.73 Å². The molecule has 3 aromatic rings. The van der Waals surface area contributed by atoms with Crippen LogP contribution in [0.5, 0.6) is 0 Å².